The highest BCUT2D eigenvalue weighted by Gasteiger charge is 2.19. The first-order valence-corrected chi connectivity index (χ1v) is 8.83. The van der Waals surface area contributed by atoms with Crippen LogP contribution in [0.2, 0.25) is 10.0 Å². The van der Waals surface area contributed by atoms with Crippen LogP contribution in [0, 0.1) is 0 Å². The second-order valence-corrected chi connectivity index (χ2v) is 7.09. The number of hydrogen-bond acceptors (Lipinski definition) is 6. The zero-order chi connectivity index (χ0) is 17.8. The molecule has 3 aromatic rings. The van der Waals surface area contributed by atoms with Crippen molar-refractivity contribution in [3.05, 3.63) is 52.8 Å². The van der Waals surface area contributed by atoms with E-state index in [1.54, 1.807) is 49.6 Å². The lowest BCUT2D eigenvalue weighted by atomic mass is 10.3. The number of benzene rings is 1. The smallest absolute Gasteiger partial charge is 0.277 e. The van der Waals surface area contributed by atoms with E-state index < -0.39 is 5.25 Å². The molecule has 25 heavy (non-hydrogen) atoms. The van der Waals surface area contributed by atoms with E-state index in [9.17, 15) is 4.79 Å². The number of anilines is 1. The first-order chi connectivity index (χ1) is 12.0. The molecular formula is C16H12Cl2N4O2S. The normalized spacial score (nSPS) is 12.0. The number of carbonyl (C=O) groups excluding carboxylic acids is 1. The molecule has 0 aliphatic rings. The van der Waals surface area contributed by atoms with Gasteiger partial charge in [-0.05, 0) is 37.3 Å². The Hall–Kier alpha value is -2.09. The van der Waals surface area contributed by atoms with Crippen LogP contribution >= 0.6 is 35.0 Å². The molecule has 1 N–H and O–H groups in total. The average Bonchev–Trinajstić information content (AvgIpc) is 3.07. The van der Waals surface area contributed by atoms with Gasteiger partial charge in [-0.15, -0.1) is 10.2 Å². The fraction of sp³-hybridized carbons (Fsp3) is 0.125. The molecule has 0 spiro atoms. The van der Waals surface area contributed by atoms with Crippen molar-refractivity contribution in [2.45, 2.75) is 17.4 Å². The van der Waals surface area contributed by atoms with Gasteiger partial charge in [-0.2, -0.15) is 0 Å². The Morgan fingerprint density at radius 2 is 1.92 bits per heavy atom. The molecule has 0 saturated heterocycles. The van der Waals surface area contributed by atoms with Gasteiger partial charge in [0.25, 0.3) is 5.22 Å². The maximum absolute atomic E-state index is 12.3. The van der Waals surface area contributed by atoms with Crippen LogP contribution in [0.3, 0.4) is 0 Å². The van der Waals surface area contributed by atoms with Crippen LogP contribution in [0.1, 0.15) is 6.92 Å². The minimum Gasteiger partial charge on any atom is -0.411 e. The Balaban J connectivity index is 1.63. The van der Waals surface area contributed by atoms with E-state index >= 15 is 0 Å². The third-order valence-electron chi connectivity index (χ3n) is 3.17. The zero-order valence-corrected chi connectivity index (χ0v) is 15.3. The molecule has 0 fully saturated rings. The number of nitrogens with one attached hydrogen (secondary N) is 1. The summed E-state index contributed by atoms with van der Waals surface area (Å²) in [6.07, 6.45) is 3.28. The summed E-state index contributed by atoms with van der Waals surface area (Å²) >= 11 is 13.0. The number of halogens is 2. The van der Waals surface area contributed by atoms with Crippen LogP contribution in [0.5, 0.6) is 0 Å². The lowest BCUT2D eigenvalue weighted by molar-refractivity contribution is -0.115. The molecule has 6 nitrogen and oxygen atoms in total. The number of hydrogen-bond donors (Lipinski definition) is 1. The molecule has 0 saturated carbocycles. The molecule has 9 heteroatoms. The van der Waals surface area contributed by atoms with Crippen molar-refractivity contribution in [2.75, 3.05) is 5.32 Å². The number of nitrogens with zero attached hydrogens (tertiary/aromatic N) is 3. The predicted octanol–water partition coefficient (Wildman–Crippen LogP) is 4.56. The number of carbonyl (C=O) groups is 1. The largest absolute Gasteiger partial charge is 0.411 e. The van der Waals surface area contributed by atoms with Crippen LogP contribution in [0.25, 0.3) is 11.5 Å². The number of rotatable bonds is 5. The Labute approximate surface area is 158 Å². The van der Waals surface area contributed by atoms with E-state index in [-0.39, 0.29) is 5.91 Å². The van der Waals surface area contributed by atoms with Gasteiger partial charge >= 0.3 is 0 Å². The van der Waals surface area contributed by atoms with Gasteiger partial charge in [0.1, 0.15) is 0 Å². The van der Waals surface area contributed by atoms with Gasteiger partial charge in [0, 0.05) is 23.6 Å². The Kier molecular flexibility index (Phi) is 5.57. The zero-order valence-electron chi connectivity index (χ0n) is 12.9. The van der Waals surface area contributed by atoms with Crippen molar-refractivity contribution in [3.8, 4) is 11.5 Å². The molecule has 0 aliphatic heterocycles. The Bertz CT molecular complexity index is 889. The van der Waals surface area contributed by atoms with Crippen molar-refractivity contribution < 1.29 is 9.21 Å². The van der Waals surface area contributed by atoms with Gasteiger partial charge in [-0.1, -0.05) is 35.0 Å². The highest BCUT2D eigenvalue weighted by atomic mass is 35.5. The van der Waals surface area contributed by atoms with Gasteiger partial charge in [-0.3, -0.25) is 9.78 Å². The highest BCUT2D eigenvalue weighted by molar-refractivity contribution is 8.00. The molecule has 128 valence electrons. The third-order valence-corrected chi connectivity index (χ3v) is 4.84. The maximum atomic E-state index is 12.3. The van der Waals surface area contributed by atoms with E-state index in [2.05, 4.69) is 20.5 Å². The first-order valence-electron chi connectivity index (χ1n) is 7.19. The number of thioether (sulfide) groups is 1. The number of pyridine rings is 1. The van der Waals surface area contributed by atoms with Crippen LogP contribution < -0.4 is 5.32 Å². The van der Waals surface area contributed by atoms with Crippen molar-refractivity contribution >= 4 is 46.6 Å². The molecule has 2 aromatic heterocycles. The summed E-state index contributed by atoms with van der Waals surface area (Å²) in [6.45, 7) is 1.74. The van der Waals surface area contributed by atoms with E-state index in [0.29, 0.717) is 26.8 Å². The first kappa shape index (κ1) is 17.7. The SMILES string of the molecule is CC(Sc1nnc(-c2ccncc2)o1)C(=O)Nc1ccc(Cl)c(Cl)c1. The van der Waals surface area contributed by atoms with Crippen molar-refractivity contribution in [3.63, 3.8) is 0 Å². The number of aromatic nitrogens is 3. The van der Waals surface area contributed by atoms with E-state index in [1.165, 1.54) is 11.8 Å². The topological polar surface area (TPSA) is 80.9 Å². The molecule has 2 heterocycles. The molecule has 1 unspecified atom stereocenters. The highest BCUT2D eigenvalue weighted by Crippen LogP contribution is 2.28. The summed E-state index contributed by atoms with van der Waals surface area (Å²) in [7, 11) is 0. The lowest BCUT2D eigenvalue weighted by Crippen LogP contribution is -2.22. The molecule has 1 aromatic carbocycles. The van der Waals surface area contributed by atoms with Gasteiger partial charge in [0.2, 0.25) is 11.8 Å². The summed E-state index contributed by atoms with van der Waals surface area (Å²) in [5.74, 6) is 0.161. The van der Waals surface area contributed by atoms with Crippen LogP contribution in [0.15, 0.2) is 52.4 Å². The summed E-state index contributed by atoms with van der Waals surface area (Å²) in [5, 5.41) is 11.4. The summed E-state index contributed by atoms with van der Waals surface area (Å²) < 4.78 is 5.57. The van der Waals surface area contributed by atoms with Crippen molar-refractivity contribution in [2.24, 2.45) is 0 Å². The fourth-order valence-electron chi connectivity index (χ4n) is 1.89. The molecule has 1 atom stereocenters. The molecule has 3 rings (SSSR count). The van der Waals surface area contributed by atoms with Crippen LogP contribution in [0.4, 0.5) is 5.69 Å². The summed E-state index contributed by atoms with van der Waals surface area (Å²) in [5.41, 5.74) is 1.33. The number of amides is 1. The second kappa shape index (κ2) is 7.86. The second-order valence-electron chi connectivity index (χ2n) is 4.99. The minimum absolute atomic E-state index is 0.216. The summed E-state index contributed by atoms with van der Waals surface area (Å²) in [6, 6.07) is 8.42. The minimum atomic E-state index is -0.444. The molecule has 1 amide bonds. The van der Waals surface area contributed by atoms with Crippen LogP contribution in [-0.2, 0) is 4.79 Å². The van der Waals surface area contributed by atoms with Crippen LogP contribution in [-0.4, -0.2) is 26.3 Å². The molecule has 0 bridgehead atoms. The van der Waals surface area contributed by atoms with Gasteiger partial charge in [0.15, 0.2) is 0 Å². The van der Waals surface area contributed by atoms with E-state index in [1.807, 2.05) is 0 Å². The van der Waals surface area contributed by atoms with Crippen molar-refractivity contribution in [1.29, 1.82) is 0 Å². The van der Waals surface area contributed by atoms with Gasteiger partial charge in [-0.25, -0.2) is 0 Å². The Morgan fingerprint density at radius 1 is 1.16 bits per heavy atom. The third kappa shape index (κ3) is 4.50. The van der Waals surface area contributed by atoms with Gasteiger partial charge < -0.3 is 9.73 Å². The van der Waals surface area contributed by atoms with Gasteiger partial charge in [0.05, 0.1) is 15.3 Å². The Morgan fingerprint density at radius 3 is 2.64 bits per heavy atom. The molecule has 0 radical (unpaired) electrons. The lowest BCUT2D eigenvalue weighted by Gasteiger charge is -2.10. The fourth-order valence-corrected chi connectivity index (χ4v) is 2.87. The average molecular weight is 395 g/mol. The monoisotopic (exact) mass is 394 g/mol. The summed E-state index contributed by atoms with van der Waals surface area (Å²) in [4.78, 5) is 16.2. The quantitative estimate of drug-likeness (QED) is 0.638. The standard InChI is InChI=1S/C16H12Cl2N4O2S/c1-9(14(23)20-11-2-3-12(17)13(18)8-11)25-16-22-21-15(24-16)10-4-6-19-7-5-10/h2-9H,1H3,(H,20,23). The van der Waals surface area contributed by atoms with E-state index in [4.69, 9.17) is 27.6 Å². The maximum Gasteiger partial charge on any atom is 0.277 e. The molecule has 0 aliphatic carbocycles. The molecular weight excluding hydrogens is 383 g/mol. The van der Waals surface area contributed by atoms with Crippen molar-refractivity contribution in [1.82, 2.24) is 15.2 Å². The van der Waals surface area contributed by atoms with E-state index in [0.717, 1.165) is 5.56 Å². The predicted molar refractivity (Wildman–Crippen MR) is 97.9 cm³/mol.